The van der Waals surface area contributed by atoms with Crippen LogP contribution in [-0.2, 0) is 4.79 Å². The van der Waals surface area contributed by atoms with Crippen LogP contribution in [0.25, 0.3) is 11.2 Å². The quantitative estimate of drug-likeness (QED) is 0.750. The Balaban J connectivity index is 1.85. The summed E-state index contributed by atoms with van der Waals surface area (Å²) in [5, 5.41) is 6.32. The maximum atomic E-state index is 12.6. The summed E-state index contributed by atoms with van der Waals surface area (Å²) in [5.41, 5.74) is 0.603. The lowest BCUT2D eigenvalue weighted by molar-refractivity contribution is -0.126. The van der Waals surface area contributed by atoms with Crippen LogP contribution >= 0.6 is 11.6 Å². The van der Waals surface area contributed by atoms with Gasteiger partial charge in [-0.1, -0.05) is 18.5 Å². The van der Waals surface area contributed by atoms with Gasteiger partial charge in [0.05, 0.1) is 11.7 Å². The third-order valence-corrected chi connectivity index (χ3v) is 4.37. The van der Waals surface area contributed by atoms with E-state index in [2.05, 4.69) is 30.6 Å². The normalized spacial score (nSPS) is 22.4. The van der Waals surface area contributed by atoms with Gasteiger partial charge < -0.3 is 10.3 Å². The number of carbonyl (C=O) groups is 1. The summed E-state index contributed by atoms with van der Waals surface area (Å²) in [6.07, 6.45) is 4.11. The lowest BCUT2D eigenvalue weighted by Gasteiger charge is -2.35. The first kappa shape index (κ1) is 14.2. The smallest absolute Gasteiger partial charge is 0.234 e. The number of hydrogen-bond acceptors (Lipinski definition) is 5. The van der Waals surface area contributed by atoms with E-state index in [-0.39, 0.29) is 17.0 Å². The molecule has 1 atom stereocenters. The van der Waals surface area contributed by atoms with Crippen molar-refractivity contribution in [2.24, 2.45) is 5.41 Å². The molecule has 7 nitrogen and oxygen atoms in total. The molecule has 1 unspecified atom stereocenters. The van der Waals surface area contributed by atoms with Crippen LogP contribution < -0.4 is 10.6 Å². The zero-order chi connectivity index (χ0) is 14.9. The maximum Gasteiger partial charge on any atom is 0.234 e. The van der Waals surface area contributed by atoms with E-state index in [4.69, 9.17) is 11.6 Å². The predicted molar refractivity (Wildman–Crippen MR) is 80.2 cm³/mol. The van der Waals surface area contributed by atoms with Crippen molar-refractivity contribution in [3.8, 4) is 0 Å². The molecule has 1 fully saturated rings. The van der Waals surface area contributed by atoms with Crippen molar-refractivity contribution in [1.29, 1.82) is 0 Å². The minimum atomic E-state index is -0.408. The molecule has 1 saturated heterocycles. The van der Waals surface area contributed by atoms with Gasteiger partial charge in [-0.05, 0) is 25.8 Å². The van der Waals surface area contributed by atoms with Gasteiger partial charge in [0.15, 0.2) is 10.8 Å². The Morgan fingerprint density at radius 3 is 3.10 bits per heavy atom. The SMILES string of the molecule is CCC1(C(=O)Nc2nc(Cl)c3[nH]cnc3n2)CCCNC1. The van der Waals surface area contributed by atoms with E-state index in [0.29, 0.717) is 17.7 Å². The predicted octanol–water partition coefficient (Wildman–Crippen LogP) is 1.72. The third-order valence-electron chi connectivity index (χ3n) is 4.10. The molecule has 8 heteroatoms. The summed E-state index contributed by atoms with van der Waals surface area (Å²) in [4.78, 5) is 27.8. The molecule has 3 N–H and O–H groups in total. The number of aromatic nitrogens is 4. The van der Waals surface area contributed by atoms with E-state index < -0.39 is 5.41 Å². The van der Waals surface area contributed by atoms with Crippen molar-refractivity contribution in [1.82, 2.24) is 25.3 Å². The lowest BCUT2D eigenvalue weighted by atomic mass is 9.77. The highest BCUT2D eigenvalue weighted by atomic mass is 35.5. The van der Waals surface area contributed by atoms with Crippen LogP contribution in [0.1, 0.15) is 26.2 Å². The van der Waals surface area contributed by atoms with Crippen molar-refractivity contribution < 1.29 is 4.79 Å². The van der Waals surface area contributed by atoms with Crippen LogP contribution in [-0.4, -0.2) is 38.9 Å². The molecule has 3 rings (SSSR count). The van der Waals surface area contributed by atoms with Gasteiger partial charge in [-0.2, -0.15) is 9.97 Å². The number of carbonyl (C=O) groups excluding carboxylic acids is 1. The largest absolute Gasteiger partial charge is 0.341 e. The van der Waals surface area contributed by atoms with Gasteiger partial charge in [-0.25, -0.2) is 4.98 Å². The molecule has 1 aliphatic rings. The van der Waals surface area contributed by atoms with Crippen molar-refractivity contribution in [3.05, 3.63) is 11.5 Å². The average Bonchev–Trinajstić information content (AvgIpc) is 2.97. The maximum absolute atomic E-state index is 12.6. The van der Waals surface area contributed by atoms with Gasteiger partial charge in [0.1, 0.15) is 5.52 Å². The molecule has 0 aliphatic carbocycles. The van der Waals surface area contributed by atoms with Crippen LogP contribution in [0, 0.1) is 5.41 Å². The van der Waals surface area contributed by atoms with Gasteiger partial charge in [-0.15, -0.1) is 0 Å². The number of imidazole rings is 1. The highest BCUT2D eigenvalue weighted by Gasteiger charge is 2.38. The number of halogens is 1. The molecule has 0 bridgehead atoms. The molecule has 0 saturated carbocycles. The summed E-state index contributed by atoms with van der Waals surface area (Å²) in [6.45, 7) is 3.65. The number of nitrogens with one attached hydrogen (secondary N) is 3. The minimum absolute atomic E-state index is 0.0665. The number of anilines is 1. The number of nitrogens with zero attached hydrogens (tertiary/aromatic N) is 3. The summed E-state index contributed by atoms with van der Waals surface area (Å²) in [7, 11) is 0. The van der Waals surface area contributed by atoms with Gasteiger partial charge in [0.2, 0.25) is 11.9 Å². The highest BCUT2D eigenvalue weighted by molar-refractivity contribution is 6.33. The molecule has 2 aromatic heterocycles. The molecule has 21 heavy (non-hydrogen) atoms. The van der Waals surface area contributed by atoms with Gasteiger partial charge >= 0.3 is 0 Å². The lowest BCUT2D eigenvalue weighted by Crippen LogP contribution is -2.47. The van der Waals surface area contributed by atoms with Crippen LogP contribution in [0.5, 0.6) is 0 Å². The van der Waals surface area contributed by atoms with Gasteiger partial charge in [0.25, 0.3) is 0 Å². The van der Waals surface area contributed by atoms with Crippen LogP contribution in [0.15, 0.2) is 6.33 Å². The average molecular weight is 309 g/mol. The van der Waals surface area contributed by atoms with E-state index in [9.17, 15) is 4.79 Å². The third kappa shape index (κ3) is 2.58. The van der Waals surface area contributed by atoms with Crippen molar-refractivity contribution in [3.63, 3.8) is 0 Å². The number of rotatable bonds is 3. The number of H-pyrrole nitrogens is 1. The molecular weight excluding hydrogens is 292 g/mol. The number of amides is 1. The molecule has 0 radical (unpaired) electrons. The van der Waals surface area contributed by atoms with Crippen molar-refractivity contribution in [2.75, 3.05) is 18.4 Å². The summed E-state index contributed by atoms with van der Waals surface area (Å²) in [6, 6.07) is 0. The fraction of sp³-hybridized carbons (Fsp3) is 0.538. The van der Waals surface area contributed by atoms with Gasteiger partial charge in [-0.3, -0.25) is 10.1 Å². The standard InChI is InChI=1S/C13H17ClN6O/c1-2-13(4-3-5-15-6-13)11(21)20-12-18-9(14)8-10(19-12)17-7-16-8/h7,15H,2-6H2,1H3,(H2,16,17,18,19,20,21). The first-order valence-electron chi connectivity index (χ1n) is 7.03. The monoisotopic (exact) mass is 308 g/mol. The molecule has 2 aromatic rings. The number of fused-ring (bicyclic) bond motifs is 1. The summed E-state index contributed by atoms with van der Waals surface area (Å²) >= 11 is 6.06. The molecular formula is C13H17ClN6O. The van der Waals surface area contributed by atoms with Crippen molar-refractivity contribution in [2.45, 2.75) is 26.2 Å². The van der Waals surface area contributed by atoms with Crippen molar-refractivity contribution >= 4 is 34.6 Å². The Morgan fingerprint density at radius 1 is 1.52 bits per heavy atom. The molecule has 3 heterocycles. The zero-order valence-electron chi connectivity index (χ0n) is 11.7. The van der Waals surface area contributed by atoms with Gasteiger partial charge in [0, 0.05) is 6.54 Å². The molecule has 1 amide bonds. The molecule has 0 spiro atoms. The molecule has 0 aromatic carbocycles. The van der Waals surface area contributed by atoms with E-state index in [1.54, 1.807) is 0 Å². The Labute approximate surface area is 126 Å². The number of hydrogen-bond donors (Lipinski definition) is 3. The summed E-state index contributed by atoms with van der Waals surface area (Å²) < 4.78 is 0. The van der Waals surface area contributed by atoms with Crippen LogP contribution in [0.4, 0.5) is 5.95 Å². The molecule has 1 aliphatic heterocycles. The second-order valence-corrected chi connectivity index (χ2v) is 5.67. The Hall–Kier alpha value is -1.73. The fourth-order valence-electron chi connectivity index (χ4n) is 2.71. The Bertz CT molecular complexity index is 664. The second kappa shape index (κ2) is 5.57. The van der Waals surface area contributed by atoms with E-state index in [1.807, 2.05) is 6.92 Å². The first-order valence-corrected chi connectivity index (χ1v) is 7.41. The Kier molecular flexibility index (Phi) is 3.77. The minimum Gasteiger partial charge on any atom is -0.341 e. The number of piperidine rings is 1. The highest BCUT2D eigenvalue weighted by Crippen LogP contribution is 2.31. The first-order chi connectivity index (χ1) is 10.1. The van der Waals surface area contributed by atoms with E-state index in [0.717, 1.165) is 25.8 Å². The zero-order valence-corrected chi connectivity index (χ0v) is 12.5. The summed E-state index contributed by atoms with van der Waals surface area (Å²) in [5.74, 6) is 0.131. The van der Waals surface area contributed by atoms with E-state index in [1.165, 1.54) is 6.33 Å². The topological polar surface area (TPSA) is 95.6 Å². The second-order valence-electron chi connectivity index (χ2n) is 5.31. The van der Waals surface area contributed by atoms with E-state index >= 15 is 0 Å². The molecule has 112 valence electrons. The van der Waals surface area contributed by atoms with Crippen LogP contribution in [0.2, 0.25) is 5.15 Å². The van der Waals surface area contributed by atoms with Crippen LogP contribution in [0.3, 0.4) is 0 Å². The number of aromatic amines is 1. The fourth-order valence-corrected chi connectivity index (χ4v) is 2.93. The Morgan fingerprint density at radius 2 is 2.38 bits per heavy atom.